The highest BCUT2D eigenvalue weighted by Crippen LogP contribution is 2.20. The highest BCUT2D eigenvalue weighted by atomic mass is 35.5. The minimum absolute atomic E-state index is 0.0995. The molecule has 25 heavy (non-hydrogen) atoms. The Hall–Kier alpha value is -1.96. The largest absolute Gasteiger partial charge is 0.340 e. The van der Waals surface area contributed by atoms with E-state index >= 15 is 0 Å². The summed E-state index contributed by atoms with van der Waals surface area (Å²) in [4.78, 5) is 33.3. The summed E-state index contributed by atoms with van der Waals surface area (Å²) in [7, 11) is 0. The lowest BCUT2D eigenvalue weighted by Gasteiger charge is -2.34. The molecule has 0 unspecified atom stereocenters. The van der Waals surface area contributed by atoms with Crippen LogP contribution in [0.3, 0.4) is 0 Å². The summed E-state index contributed by atoms with van der Waals surface area (Å²) >= 11 is 7.54. The lowest BCUT2D eigenvalue weighted by Crippen LogP contribution is -2.50. The molecule has 2 aromatic rings. The van der Waals surface area contributed by atoms with Crippen molar-refractivity contribution in [2.45, 2.75) is 6.42 Å². The number of benzene rings is 1. The van der Waals surface area contributed by atoms with Crippen molar-refractivity contribution in [3.05, 3.63) is 45.9 Å². The summed E-state index contributed by atoms with van der Waals surface area (Å²) in [6.45, 7) is 2.94. The number of carbonyl (C=O) groups excluding carboxylic acids is 2. The highest BCUT2D eigenvalue weighted by Gasteiger charge is 2.22. The van der Waals surface area contributed by atoms with Gasteiger partial charge in [0.25, 0.3) is 0 Å². The molecule has 1 aromatic heterocycles. The lowest BCUT2D eigenvalue weighted by atomic mass is 10.2. The number of halogens is 1. The number of nitrogens with zero attached hydrogens (tertiary/aromatic N) is 3. The van der Waals surface area contributed by atoms with Gasteiger partial charge in [0.1, 0.15) is 0 Å². The second-order valence-corrected chi connectivity index (χ2v) is 7.21. The zero-order chi connectivity index (χ0) is 17.6. The maximum Gasteiger partial charge on any atom is 0.238 e. The lowest BCUT2D eigenvalue weighted by molar-refractivity contribution is -0.132. The number of aromatic nitrogens is 1. The van der Waals surface area contributed by atoms with Crippen molar-refractivity contribution in [1.82, 2.24) is 14.8 Å². The summed E-state index contributed by atoms with van der Waals surface area (Å²) in [5.41, 5.74) is 2.35. The normalized spacial score (nSPS) is 15.2. The van der Waals surface area contributed by atoms with Crippen LogP contribution in [0.4, 0.5) is 5.69 Å². The second kappa shape index (κ2) is 8.42. The van der Waals surface area contributed by atoms with Crippen LogP contribution in [0, 0.1) is 0 Å². The fourth-order valence-corrected chi connectivity index (χ4v) is 3.47. The molecule has 0 bridgehead atoms. The fraction of sp³-hybridized carbons (Fsp3) is 0.353. The molecule has 0 radical (unpaired) electrons. The number of anilines is 1. The van der Waals surface area contributed by atoms with Crippen LogP contribution in [0.1, 0.15) is 4.88 Å². The Labute approximate surface area is 155 Å². The Morgan fingerprint density at radius 3 is 2.64 bits per heavy atom. The molecule has 1 aromatic carbocycles. The van der Waals surface area contributed by atoms with Gasteiger partial charge in [-0.2, -0.15) is 0 Å². The Bertz CT molecular complexity index is 730. The van der Waals surface area contributed by atoms with Crippen molar-refractivity contribution < 1.29 is 9.59 Å². The monoisotopic (exact) mass is 378 g/mol. The van der Waals surface area contributed by atoms with Gasteiger partial charge in [-0.25, -0.2) is 0 Å². The van der Waals surface area contributed by atoms with E-state index in [1.54, 1.807) is 23.8 Å². The van der Waals surface area contributed by atoms with E-state index in [9.17, 15) is 9.59 Å². The van der Waals surface area contributed by atoms with Crippen LogP contribution in [0.5, 0.6) is 0 Å². The van der Waals surface area contributed by atoms with Gasteiger partial charge in [-0.15, -0.1) is 11.3 Å². The number of hydrogen-bond acceptors (Lipinski definition) is 5. The zero-order valence-electron chi connectivity index (χ0n) is 13.7. The molecule has 132 valence electrons. The van der Waals surface area contributed by atoms with Crippen LogP contribution >= 0.6 is 22.9 Å². The summed E-state index contributed by atoms with van der Waals surface area (Å²) < 4.78 is 0. The number of para-hydroxylation sites is 1. The van der Waals surface area contributed by atoms with E-state index in [1.165, 1.54) is 11.3 Å². The van der Waals surface area contributed by atoms with Gasteiger partial charge in [-0.1, -0.05) is 23.7 Å². The van der Waals surface area contributed by atoms with Gasteiger partial charge in [-0.05, 0) is 12.1 Å². The Morgan fingerprint density at radius 1 is 1.20 bits per heavy atom. The number of carbonyl (C=O) groups is 2. The Morgan fingerprint density at radius 2 is 1.96 bits per heavy atom. The van der Waals surface area contributed by atoms with Gasteiger partial charge in [0.2, 0.25) is 11.8 Å². The summed E-state index contributed by atoms with van der Waals surface area (Å²) in [6.07, 6.45) is 2.13. The minimum atomic E-state index is -0.0995. The third-order valence-electron chi connectivity index (χ3n) is 4.05. The maximum absolute atomic E-state index is 12.3. The molecule has 0 aliphatic carbocycles. The van der Waals surface area contributed by atoms with Gasteiger partial charge in [0.05, 0.1) is 29.2 Å². The third kappa shape index (κ3) is 5.01. The van der Waals surface area contributed by atoms with Gasteiger partial charge in [0.15, 0.2) is 0 Å². The number of piperazine rings is 1. The molecule has 1 N–H and O–H groups in total. The fourth-order valence-electron chi connectivity index (χ4n) is 2.70. The van der Waals surface area contributed by atoms with Gasteiger partial charge >= 0.3 is 0 Å². The van der Waals surface area contributed by atoms with Gasteiger partial charge < -0.3 is 10.2 Å². The van der Waals surface area contributed by atoms with E-state index in [-0.39, 0.29) is 11.8 Å². The zero-order valence-corrected chi connectivity index (χ0v) is 15.2. The van der Waals surface area contributed by atoms with E-state index in [0.717, 1.165) is 4.88 Å². The van der Waals surface area contributed by atoms with Gasteiger partial charge in [0, 0.05) is 37.3 Å². The van der Waals surface area contributed by atoms with Crippen LogP contribution in [0.2, 0.25) is 5.02 Å². The van der Waals surface area contributed by atoms with Crippen molar-refractivity contribution in [3.8, 4) is 0 Å². The van der Waals surface area contributed by atoms with Crippen LogP contribution in [0.15, 0.2) is 36.0 Å². The smallest absolute Gasteiger partial charge is 0.238 e. The number of amides is 2. The predicted octanol–water partition coefficient (Wildman–Crippen LogP) is 2.12. The average molecular weight is 379 g/mol. The third-order valence-corrected chi connectivity index (χ3v) is 5.16. The predicted molar refractivity (Wildman–Crippen MR) is 98.9 cm³/mol. The highest BCUT2D eigenvalue weighted by molar-refractivity contribution is 7.09. The van der Waals surface area contributed by atoms with Crippen LogP contribution < -0.4 is 5.32 Å². The van der Waals surface area contributed by atoms with E-state index < -0.39 is 0 Å². The number of hydrogen-bond donors (Lipinski definition) is 1. The Balaban J connectivity index is 1.43. The molecule has 0 atom stereocenters. The average Bonchev–Trinajstić information content (AvgIpc) is 3.10. The molecule has 3 rings (SSSR count). The first-order chi connectivity index (χ1) is 12.1. The molecular formula is C17H19ClN4O2S. The van der Waals surface area contributed by atoms with E-state index in [0.29, 0.717) is 49.9 Å². The summed E-state index contributed by atoms with van der Waals surface area (Å²) in [6, 6.07) is 7.16. The number of rotatable bonds is 5. The Kier molecular flexibility index (Phi) is 6.01. The first kappa shape index (κ1) is 17.8. The molecule has 1 aliphatic heterocycles. The van der Waals surface area contributed by atoms with E-state index in [2.05, 4.69) is 10.3 Å². The summed E-state index contributed by atoms with van der Waals surface area (Å²) in [5.74, 6) is 0.0157. The molecule has 1 fully saturated rings. The van der Waals surface area contributed by atoms with Crippen LogP contribution in [-0.2, 0) is 16.0 Å². The number of thiazole rings is 1. The quantitative estimate of drug-likeness (QED) is 0.865. The molecule has 8 heteroatoms. The number of nitrogens with one attached hydrogen (secondary N) is 1. The van der Waals surface area contributed by atoms with Crippen LogP contribution in [-0.4, -0.2) is 59.3 Å². The molecule has 2 amide bonds. The molecular weight excluding hydrogens is 360 g/mol. The summed E-state index contributed by atoms with van der Waals surface area (Å²) in [5, 5.41) is 3.35. The first-order valence-electron chi connectivity index (χ1n) is 8.03. The van der Waals surface area contributed by atoms with Crippen molar-refractivity contribution in [1.29, 1.82) is 0 Å². The van der Waals surface area contributed by atoms with Crippen molar-refractivity contribution >= 4 is 40.4 Å². The molecule has 0 spiro atoms. The maximum atomic E-state index is 12.3. The topological polar surface area (TPSA) is 65.5 Å². The second-order valence-electron chi connectivity index (χ2n) is 5.83. The first-order valence-corrected chi connectivity index (χ1v) is 9.29. The SMILES string of the molecule is O=C(CN1CCN(C(=O)Cc2cncs2)CC1)Nc1ccccc1Cl. The minimum Gasteiger partial charge on any atom is -0.340 e. The van der Waals surface area contributed by atoms with Crippen LogP contribution in [0.25, 0.3) is 0 Å². The van der Waals surface area contributed by atoms with E-state index in [1.807, 2.05) is 21.9 Å². The van der Waals surface area contributed by atoms with E-state index in [4.69, 9.17) is 11.6 Å². The molecule has 1 saturated heterocycles. The van der Waals surface area contributed by atoms with Gasteiger partial charge in [-0.3, -0.25) is 19.5 Å². The molecule has 6 nitrogen and oxygen atoms in total. The van der Waals surface area contributed by atoms with Crippen molar-refractivity contribution in [2.24, 2.45) is 0 Å². The standard InChI is InChI=1S/C17H19ClN4O2S/c18-14-3-1-2-4-15(14)20-16(23)11-21-5-7-22(8-6-21)17(24)9-13-10-19-12-25-13/h1-4,10,12H,5-9,11H2,(H,20,23). The molecule has 0 saturated carbocycles. The molecule has 2 heterocycles. The van der Waals surface area contributed by atoms with Crippen molar-refractivity contribution in [3.63, 3.8) is 0 Å². The van der Waals surface area contributed by atoms with Crippen molar-refractivity contribution in [2.75, 3.05) is 38.0 Å². The molecule has 1 aliphatic rings.